The van der Waals surface area contributed by atoms with Gasteiger partial charge in [-0.1, -0.05) is 6.58 Å². The molecule has 1 fully saturated rings. The molecular weight excluding hydrogens is 190 g/mol. The van der Waals surface area contributed by atoms with Gasteiger partial charge >= 0.3 is 0 Å². The largest absolute Gasteiger partial charge is 0.339 e. The van der Waals surface area contributed by atoms with Crippen molar-refractivity contribution < 1.29 is 4.79 Å². The van der Waals surface area contributed by atoms with Crippen LogP contribution in [0.4, 0.5) is 0 Å². The summed E-state index contributed by atoms with van der Waals surface area (Å²) in [7, 11) is 1.91. The van der Waals surface area contributed by atoms with E-state index in [1.54, 1.807) is 4.68 Å². The second-order valence-corrected chi connectivity index (χ2v) is 3.92. The Kier molecular flexibility index (Phi) is 2.58. The minimum absolute atomic E-state index is 0.0291. The van der Waals surface area contributed by atoms with Gasteiger partial charge in [-0.3, -0.25) is 9.48 Å². The quantitative estimate of drug-likeness (QED) is 0.673. The van der Waals surface area contributed by atoms with E-state index in [1.807, 2.05) is 24.3 Å². The summed E-state index contributed by atoms with van der Waals surface area (Å²) in [5, 5.41) is 4.14. The number of carbonyl (C=O) groups is 1. The van der Waals surface area contributed by atoms with Crippen LogP contribution in [0.15, 0.2) is 25.0 Å². The molecule has 1 saturated heterocycles. The van der Waals surface area contributed by atoms with E-state index in [1.165, 1.54) is 11.6 Å². The van der Waals surface area contributed by atoms with Gasteiger partial charge in [0, 0.05) is 32.3 Å². The number of amides is 1. The van der Waals surface area contributed by atoms with Crippen molar-refractivity contribution in [3.8, 4) is 0 Å². The molecule has 2 heterocycles. The monoisotopic (exact) mass is 205 g/mol. The summed E-state index contributed by atoms with van der Waals surface area (Å²) in [5.41, 5.74) is 1.22. The second-order valence-electron chi connectivity index (χ2n) is 3.92. The fraction of sp³-hybridized carbons (Fsp3) is 0.455. The highest BCUT2D eigenvalue weighted by Gasteiger charge is 2.26. The molecule has 1 atom stereocenters. The standard InChI is InChI=1S/C11H15N3O/c1-3-11(15)14-5-4-9(8-14)10-6-12-13(2)7-10/h3,6-7,9H,1,4-5,8H2,2H3. The summed E-state index contributed by atoms with van der Waals surface area (Å²) in [5.74, 6) is 0.462. The van der Waals surface area contributed by atoms with E-state index in [-0.39, 0.29) is 5.91 Å². The molecular formula is C11H15N3O. The number of nitrogens with zero attached hydrogens (tertiary/aromatic N) is 3. The lowest BCUT2D eigenvalue weighted by molar-refractivity contribution is -0.125. The highest BCUT2D eigenvalue weighted by molar-refractivity contribution is 5.87. The zero-order valence-corrected chi connectivity index (χ0v) is 8.89. The Hall–Kier alpha value is -1.58. The number of likely N-dealkylation sites (tertiary alicyclic amines) is 1. The van der Waals surface area contributed by atoms with Crippen molar-refractivity contribution in [1.82, 2.24) is 14.7 Å². The number of aromatic nitrogens is 2. The smallest absolute Gasteiger partial charge is 0.245 e. The van der Waals surface area contributed by atoms with Crippen LogP contribution in [-0.2, 0) is 11.8 Å². The zero-order chi connectivity index (χ0) is 10.8. The molecule has 1 aliphatic heterocycles. The van der Waals surface area contributed by atoms with Crippen LogP contribution < -0.4 is 0 Å². The van der Waals surface area contributed by atoms with Crippen LogP contribution in [-0.4, -0.2) is 33.7 Å². The predicted molar refractivity (Wildman–Crippen MR) is 57.3 cm³/mol. The average Bonchev–Trinajstić information content (AvgIpc) is 2.84. The van der Waals surface area contributed by atoms with Gasteiger partial charge in [0.1, 0.15) is 0 Å². The minimum Gasteiger partial charge on any atom is -0.339 e. The van der Waals surface area contributed by atoms with Crippen molar-refractivity contribution in [3.63, 3.8) is 0 Å². The van der Waals surface area contributed by atoms with Crippen molar-refractivity contribution in [2.24, 2.45) is 7.05 Å². The summed E-state index contributed by atoms with van der Waals surface area (Å²) >= 11 is 0. The van der Waals surface area contributed by atoms with Gasteiger partial charge in [-0.15, -0.1) is 0 Å². The van der Waals surface area contributed by atoms with Gasteiger partial charge in [0.15, 0.2) is 0 Å². The fourth-order valence-electron chi connectivity index (χ4n) is 2.01. The summed E-state index contributed by atoms with van der Waals surface area (Å²) < 4.78 is 1.80. The van der Waals surface area contributed by atoms with E-state index in [9.17, 15) is 4.79 Å². The second kappa shape index (κ2) is 3.88. The first-order valence-electron chi connectivity index (χ1n) is 5.10. The molecule has 4 nitrogen and oxygen atoms in total. The molecule has 0 N–H and O–H groups in total. The number of rotatable bonds is 2. The van der Waals surface area contributed by atoms with Crippen molar-refractivity contribution in [2.75, 3.05) is 13.1 Å². The van der Waals surface area contributed by atoms with Crippen molar-refractivity contribution in [1.29, 1.82) is 0 Å². The Labute approximate surface area is 89.2 Å². The van der Waals surface area contributed by atoms with Crippen LogP contribution in [0.2, 0.25) is 0 Å². The molecule has 15 heavy (non-hydrogen) atoms. The van der Waals surface area contributed by atoms with Crippen molar-refractivity contribution in [2.45, 2.75) is 12.3 Å². The van der Waals surface area contributed by atoms with Gasteiger partial charge in [0.25, 0.3) is 0 Å². The Morgan fingerprint density at radius 2 is 2.53 bits per heavy atom. The molecule has 1 unspecified atom stereocenters. The lowest BCUT2D eigenvalue weighted by atomic mass is 10.0. The minimum atomic E-state index is 0.0291. The summed E-state index contributed by atoms with van der Waals surface area (Å²) in [6.07, 6.45) is 6.30. The first kappa shape index (κ1) is 9.96. The first-order valence-corrected chi connectivity index (χ1v) is 5.10. The molecule has 0 spiro atoms. The van der Waals surface area contributed by atoms with E-state index in [0.29, 0.717) is 5.92 Å². The Bertz CT molecular complexity index is 383. The molecule has 0 radical (unpaired) electrons. The number of hydrogen-bond acceptors (Lipinski definition) is 2. The van der Waals surface area contributed by atoms with Crippen LogP contribution in [0.3, 0.4) is 0 Å². The molecule has 1 aromatic rings. The Balaban J connectivity index is 2.04. The van der Waals surface area contributed by atoms with Crippen molar-refractivity contribution >= 4 is 5.91 Å². The molecule has 0 saturated carbocycles. The molecule has 2 rings (SSSR count). The lowest BCUT2D eigenvalue weighted by Crippen LogP contribution is -2.26. The molecule has 1 aliphatic rings. The summed E-state index contributed by atoms with van der Waals surface area (Å²) in [4.78, 5) is 13.2. The van der Waals surface area contributed by atoms with Crippen LogP contribution >= 0.6 is 0 Å². The zero-order valence-electron chi connectivity index (χ0n) is 8.89. The van der Waals surface area contributed by atoms with Gasteiger partial charge in [-0.05, 0) is 18.1 Å². The molecule has 4 heteroatoms. The number of aryl methyl sites for hydroxylation is 1. The lowest BCUT2D eigenvalue weighted by Gasteiger charge is -2.13. The number of hydrogen-bond donors (Lipinski definition) is 0. The third-order valence-corrected chi connectivity index (χ3v) is 2.87. The molecule has 1 amide bonds. The van der Waals surface area contributed by atoms with Gasteiger partial charge in [-0.25, -0.2) is 0 Å². The van der Waals surface area contributed by atoms with E-state index in [2.05, 4.69) is 11.7 Å². The van der Waals surface area contributed by atoms with Crippen LogP contribution in [0.1, 0.15) is 17.9 Å². The topological polar surface area (TPSA) is 38.1 Å². The number of carbonyl (C=O) groups excluding carboxylic acids is 1. The third kappa shape index (κ3) is 1.93. The van der Waals surface area contributed by atoms with E-state index in [4.69, 9.17) is 0 Å². The normalized spacial score (nSPS) is 20.6. The summed E-state index contributed by atoms with van der Waals surface area (Å²) in [6.45, 7) is 5.11. The molecule has 0 bridgehead atoms. The fourth-order valence-corrected chi connectivity index (χ4v) is 2.01. The highest BCUT2D eigenvalue weighted by atomic mass is 16.2. The Morgan fingerprint density at radius 3 is 3.13 bits per heavy atom. The highest BCUT2D eigenvalue weighted by Crippen LogP contribution is 2.26. The molecule has 1 aromatic heterocycles. The van der Waals surface area contributed by atoms with Crippen LogP contribution in [0.25, 0.3) is 0 Å². The first-order chi connectivity index (χ1) is 7.20. The molecule has 0 aromatic carbocycles. The van der Waals surface area contributed by atoms with E-state index < -0.39 is 0 Å². The predicted octanol–water partition coefficient (Wildman–Crippen LogP) is 0.922. The average molecular weight is 205 g/mol. The van der Waals surface area contributed by atoms with Gasteiger partial charge in [0.2, 0.25) is 5.91 Å². The van der Waals surface area contributed by atoms with Crippen molar-refractivity contribution in [3.05, 3.63) is 30.6 Å². The van der Waals surface area contributed by atoms with Gasteiger partial charge in [-0.2, -0.15) is 5.10 Å². The third-order valence-electron chi connectivity index (χ3n) is 2.87. The molecule has 0 aliphatic carbocycles. The Morgan fingerprint density at radius 1 is 1.73 bits per heavy atom. The van der Waals surface area contributed by atoms with Crippen LogP contribution in [0.5, 0.6) is 0 Å². The van der Waals surface area contributed by atoms with Crippen LogP contribution in [0, 0.1) is 0 Å². The maximum absolute atomic E-state index is 11.4. The maximum Gasteiger partial charge on any atom is 0.245 e. The van der Waals surface area contributed by atoms with E-state index >= 15 is 0 Å². The van der Waals surface area contributed by atoms with E-state index in [0.717, 1.165) is 19.5 Å². The molecule has 80 valence electrons. The van der Waals surface area contributed by atoms with Gasteiger partial charge in [0.05, 0.1) is 6.20 Å². The maximum atomic E-state index is 11.4. The summed E-state index contributed by atoms with van der Waals surface area (Å²) in [6, 6.07) is 0. The van der Waals surface area contributed by atoms with Gasteiger partial charge < -0.3 is 4.90 Å². The SMILES string of the molecule is C=CC(=O)N1CCC(c2cnn(C)c2)C1.